The van der Waals surface area contributed by atoms with Gasteiger partial charge in [0.2, 0.25) is 0 Å². The number of rotatable bonds is 2. The van der Waals surface area contributed by atoms with Gasteiger partial charge in [-0.1, -0.05) is 6.07 Å². The minimum absolute atomic E-state index is 0.859. The predicted molar refractivity (Wildman–Crippen MR) is 81.0 cm³/mol. The molecule has 0 atom stereocenters. The summed E-state index contributed by atoms with van der Waals surface area (Å²) in [6, 6.07) is 8.62. The molecule has 0 bridgehead atoms. The first-order valence-corrected chi connectivity index (χ1v) is 7.25. The highest BCUT2D eigenvalue weighted by Crippen LogP contribution is 2.21. The van der Waals surface area contributed by atoms with E-state index < -0.39 is 0 Å². The molecule has 1 aromatic carbocycles. The van der Waals surface area contributed by atoms with E-state index in [1.807, 2.05) is 17.1 Å². The molecule has 0 spiro atoms. The van der Waals surface area contributed by atoms with Gasteiger partial charge in [0.1, 0.15) is 10.9 Å². The summed E-state index contributed by atoms with van der Waals surface area (Å²) in [5.74, 6) is 0. The number of piperazine rings is 1. The highest BCUT2D eigenvalue weighted by molar-refractivity contribution is 9.10. The SMILES string of the molecule is CN1CCN(c2cccc(-n3cnc(Br)c3)c2)CC1. The van der Waals surface area contributed by atoms with Gasteiger partial charge in [-0.05, 0) is 41.2 Å². The molecule has 2 aromatic rings. The maximum atomic E-state index is 4.20. The standard InChI is InChI=1S/C14H17BrN4/c1-17-5-7-18(8-6-17)12-3-2-4-13(9-12)19-10-14(15)16-11-19/h2-4,9-11H,5-8H2,1H3. The molecule has 1 aromatic heterocycles. The highest BCUT2D eigenvalue weighted by atomic mass is 79.9. The smallest absolute Gasteiger partial charge is 0.124 e. The van der Waals surface area contributed by atoms with E-state index in [1.165, 1.54) is 5.69 Å². The van der Waals surface area contributed by atoms with Crippen LogP contribution in [0.15, 0.2) is 41.4 Å². The van der Waals surface area contributed by atoms with Gasteiger partial charge in [-0.3, -0.25) is 0 Å². The predicted octanol–water partition coefficient (Wildman–Crippen LogP) is 2.39. The van der Waals surface area contributed by atoms with Gasteiger partial charge in [-0.2, -0.15) is 0 Å². The Labute approximate surface area is 121 Å². The van der Waals surface area contributed by atoms with E-state index in [2.05, 4.69) is 62.0 Å². The second-order valence-electron chi connectivity index (χ2n) is 4.91. The molecular formula is C14H17BrN4. The van der Waals surface area contributed by atoms with Gasteiger partial charge in [0, 0.05) is 43.8 Å². The Bertz CT molecular complexity index is 558. The molecule has 100 valence electrons. The number of halogens is 1. The summed E-state index contributed by atoms with van der Waals surface area (Å²) in [5, 5.41) is 0. The Balaban J connectivity index is 1.84. The Morgan fingerprint density at radius 1 is 1.11 bits per heavy atom. The lowest BCUT2D eigenvalue weighted by atomic mass is 10.2. The number of likely N-dealkylation sites (N-methyl/N-ethyl adjacent to an activating group) is 1. The van der Waals surface area contributed by atoms with Gasteiger partial charge in [0.25, 0.3) is 0 Å². The molecule has 1 fully saturated rings. The van der Waals surface area contributed by atoms with Crippen LogP contribution in [0, 0.1) is 0 Å². The lowest BCUT2D eigenvalue weighted by Gasteiger charge is -2.34. The van der Waals surface area contributed by atoms with Crippen LogP contribution < -0.4 is 4.90 Å². The second kappa shape index (κ2) is 5.35. The zero-order chi connectivity index (χ0) is 13.2. The van der Waals surface area contributed by atoms with Gasteiger partial charge in [-0.15, -0.1) is 0 Å². The second-order valence-corrected chi connectivity index (χ2v) is 5.73. The molecule has 1 saturated heterocycles. The topological polar surface area (TPSA) is 24.3 Å². The third kappa shape index (κ3) is 2.82. The van der Waals surface area contributed by atoms with Gasteiger partial charge in [0.05, 0.1) is 0 Å². The maximum Gasteiger partial charge on any atom is 0.124 e. The van der Waals surface area contributed by atoms with Gasteiger partial charge >= 0.3 is 0 Å². The van der Waals surface area contributed by atoms with Crippen LogP contribution in [0.5, 0.6) is 0 Å². The number of imidazole rings is 1. The molecule has 0 radical (unpaired) electrons. The van der Waals surface area contributed by atoms with E-state index in [9.17, 15) is 0 Å². The molecule has 19 heavy (non-hydrogen) atoms. The van der Waals surface area contributed by atoms with Crippen LogP contribution in [0.1, 0.15) is 0 Å². The fourth-order valence-electron chi connectivity index (χ4n) is 2.35. The van der Waals surface area contributed by atoms with Crippen molar-refractivity contribution >= 4 is 21.6 Å². The summed E-state index contributed by atoms with van der Waals surface area (Å²) in [6.45, 7) is 4.43. The number of aromatic nitrogens is 2. The number of hydrogen-bond donors (Lipinski definition) is 0. The van der Waals surface area contributed by atoms with Crippen LogP contribution in [0.2, 0.25) is 0 Å². The molecule has 1 aliphatic rings. The van der Waals surface area contributed by atoms with Crippen LogP contribution in [-0.2, 0) is 0 Å². The van der Waals surface area contributed by atoms with Crippen molar-refractivity contribution in [2.45, 2.75) is 0 Å². The van der Waals surface area contributed by atoms with Crippen molar-refractivity contribution < 1.29 is 0 Å². The van der Waals surface area contributed by atoms with Crippen LogP contribution in [0.3, 0.4) is 0 Å². The summed E-state index contributed by atoms with van der Waals surface area (Å²) >= 11 is 3.38. The molecule has 4 nitrogen and oxygen atoms in total. The van der Waals surface area contributed by atoms with Crippen molar-refractivity contribution in [3.05, 3.63) is 41.4 Å². The molecule has 0 N–H and O–H groups in total. The Morgan fingerprint density at radius 2 is 1.84 bits per heavy atom. The fraction of sp³-hybridized carbons (Fsp3) is 0.357. The first-order chi connectivity index (χ1) is 9.22. The first-order valence-electron chi connectivity index (χ1n) is 6.46. The average molecular weight is 321 g/mol. The van der Waals surface area contributed by atoms with Crippen molar-refractivity contribution in [1.82, 2.24) is 14.5 Å². The molecular weight excluding hydrogens is 304 g/mol. The van der Waals surface area contributed by atoms with Crippen molar-refractivity contribution in [3.63, 3.8) is 0 Å². The van der Waals surface area contributed by atoms with Gasteiger partial charge in [-0.25, -0.2) is 4.98 Å². The van der Waals surface area contributed by atoms with Crippen LogP contribution >= 0.6 is 15.9 Å². The van der Waals surface area contributed by atoms with Crippen molar-refractivity contribution in [3.8, 4) is 5.69 Å². The summed E-state index contributed by atoms with van der Waals surface area (Å²) in [6.07, 6.45) is 3.80. The molecule has 1 aliphatic heterocycles. The van der Waals surface area contributed by atoms with Gasteiger partial charge in [0.15, 0.2) is 0 Å². The largest absolute Gasteiger partial charge is 0.369 e. The zero-order valence-electron chi connectivity index (χ0n) is 11.0. The summed E-state index contributed by atoms with van der Waals surface area (Å²) in [7, 11) is 2.18. The summed E-state index contributed by atoms with van der Waals surface area (Å²) in [4.78, 5) is 9.01. The molecule has 3 rings (SSSR count). The van der Waals surface area contributed by atoms with E-state index in [4.69, 9.17) is 0 Å². The fourth-order valence-corrected chi connectivity index (χ4v) is 2.67. The lowest BCUT2D eigenvalue weighted by molar-refractivity contribution is 0.313. The van der Waals surface area contributed by atoms with Crippen molar-refractivity contribution in [1.29, 1.82) is 0 Å². The molecule has 0 saturated carbocycles. The molecule has 5 heteroatoms. The molecule has 0 amide bonds. The lowest BCUT2D eigenvalue weighted by Crippen LogP contribution is -2.44. The van der Waals surface area contributed by atoms with Crippen molar-refractivity contribution in [2.24, 2.45) is 0 Å². The first kappa shape index (κ1) is 12.7. The minimum Gasteiger partial charge on any atom is -0.369 e. The van der Waals surface area contributed by atoms with Crippen LogP contribution in [0.4, 0.5) is 5.69 Å². The average Bonchev–Trinajstić information content (AvgIpc) is 2.86. The van der Waals surface area contributed by atoms with E-state index >= 15 is 0 Å². The maximum absolute atomic E-state index is 4.20. The molecule has 0 unspecified atom stereocenters. The van der Waals surface area contributed by atoms with Gasteiger partial charge < -0.3 is 14.4 Å². The number of hydrogen-bond acceptors (Lipinski definition) is 3. The Kier molecular flexibility index (Phi) is 3.57. The van der Waals surface area contributed by atoms with Crippen LogP contribution in [-0.4, -0.2) is 47.7 Å². The van der Waals surface area contributed by atoms with E-state index in [0.29, 0.717) is 0 Å². The zero-order valence-corrected chi connectivity index (χ0v) is 12.5. The van der Waals surface area contributed by atoms with E-state index in [0.717, 1.165) is 36.5 Å². The third-order valence-corrected chi connectivity index (χ3v) is 3.96. The Morgan fingerprint density at radius 3 is 2.53 bits per heavy atom. The van der Waals surface area contributed by atoms with E-state index in [-0.39, 0.29) is 0 Å². The number of nitrogens with zero attached hydrogens (tertiary/aromatic N) is 4. The third-order valence-electron chi connectivity index (χ3n) is 3.55. The van der Waals surface area contributed by atoms with Crippen LogP contribution in [0.25, 0.3) is 5.69 Å². The highest BCUT2D eigenvalue weighted by Gasteiger charge is 2.14. The number of anilines is 1. The quantitative estimate of drug-likeness (QED) is 0.849. The van der Waals surface area contributed by atoms with Crippen molar-refractivity contribution in [2.75, 3.05) is 38.1 Å². The monoisotopic (exact) mass is 320 g/mol. The molecule has 2 heterocycles. The Hall–Kier alpha value is -1.33. The number of benzene rings is 1. The summed E-state index contributed by atoms with van der Waals surface area (Å²) < 4.78 is 2.89. The minimum atomic E-state index is 0.859. The summed E-state index contributed by atoms with van der Waals surface area (Å²) in [5.41, 5.74) is 2.44. The normalized spacial score (nSPS) is 16.8. The van der Waals surface area contributed by atoms with E-state index in [1.54, 1.807) is 0 Å². The molecule has 0 aliphatic carbocycles.